The molecular formula is C19H24N6O2. The van der Waals surface area contributed by atoms with Crippen LogP contribution in [0, 0.1) is 0 Å². The van der Waals surface area contributed by atoms with Gasteiger partial charge in [-0.25, -0.2) is 9.79 Å². The highest BCUT2D eigenvalue weighted by molar-refractivity contribution is 6.10. The van der Waals surface area contributed by atoms with E-state index in [0.717, 1.165) is 24.2 Å². The van der Waals surface area contributed by atoms with Gasteiger partial charge in [-0.3, -0.25) is 14.6 Å². The van der Waals surface area contributed by atoms with Gasteiger partial charge in [0.15, 0.2) is 12.2 Å². The van der Waals surface area contributed by atoms with Crippen molar-refractivity contribution in [2.45, 2.75) is 38.9 Å². The molecule has 2 N–H and O–H groups in total. The summed E-state index contributed by atoms with van der Waals surface area (Å²) in [5, 5.41) is 0. The minimum atomic E-state index is -0.538. The summed E-state index contributed by atoms with van der Waals surface area (Å²) in [6.07, 6.45) is 3.09. The molecule has 0 saturated carbocycles. The number of hydrogen-bond donors (Lipinski definition) is 1. The number of unbranched alkanes of at least 4 members (excludes halogenated alkanes) is 1. The summed E-state index contributed by atoms with van der Waals surface area (Å²) in [5.74, 6) is 0.438. The molecule has 0 aliphatic carbocycles. The highest BCUT2D eigenvalue weighted by Gasteiger charge is 2.54. The molecule has 1 aromatic carbocycles. The Bertz CT molecular complexity index is 864. The Kier molecular flexibility index (Phi) is 4.05. The first kappa shape index (κ1) is 17.4. The van der Waals surface area contributed by atoms with Gasteiger partial charge in [-0.05, 0) is 25.5 Å². The molecule has 3 amide bonds. The Morgan fingerprint density at radius 2 is 1.96 bits per heavy atom. The third-order valence-corrected chi connectivity index (χ3v) is 5.30. The van der Waals surface area contributed by atoms with Crippen LogP contribution in [0.3, 0.4) is 0 Å². The van der Waals surface area contributed by atoms with Crippen LogP contribution < -0.4 is 10.6 Å². The Labute approximate surface area is 158 Å². The molecule has 0 aromatic heterocycles. The molecule has 27 heavy (non-hydrogen) atoms. The number of aliphatic imine (C=N–C) groups is 1. The maximum Gasteiger partial charge on any atom is 0.328 e. The topological polar surface area (TPSA) is 85.5 Å². The lowest BCUT2D eigenvalue weighted by Crippen LogP contribution is -2.64. The number of benzene rings is 1. The van der Waals surface area contributed by atoms with E-state index in [9.17, 15) is 9.59 Å². The van der Waals surface area contributed by atoms with Crippen LogP contribution >= 0.6 is 0 Å². The zero-order valence-corrected chi connectivity index (χ0v) is 15.8. The first-order valence-corrected chi connectivity index (χ1v) is 9.23. The summed E-state index contributed by atoms with van der Waals surface area (Å²) in [4.78, 5) is 37.2. The van der Waals surface area contributed by atoms with Crippen molar-refractivity contribution in [3.05, 3.63) is 36.2 Å². The van der Waals surface area contributed by atoms with E-state index in [-0.39, 0.29) is 11.9 Å². The lowest BCUT2D eigenvalue weighted by molar-refractivity contribution is -0.136. The smallest absolute Gasteiger partial charge is 0.328 e. The first-order chi connectivity index (χ1) is 13.0. The van der Waals surface area contributed by atoms with Gasteiger partial charge in [0.1, 0.15) is 0 Å². The van der Waals surface area contributed by atoms with Crippen LogP contribution in [0.4, 0.5) is 16.2 Å². The third-order valence-electron chi connectivity index (χ3n) is 5.30. The number of guanidine groups is 1. The van der Waals surface area contributed by atoms with Gasteiger partial charge in [0.05, 0.1) is 11.4 Å². The average Bonchev–Trinajstić information content (AvgIpc) is 3.15. The minimum absolute atomic E-state index is 0.192. The largest absolute Gasteiger partial charge is 0.397 e. The molecule has 4 rings (SSSR count). The molecule has 3 aliphatic heterocycles. The van der Waals surface area contributed by atoms with Crippen LogP contribution in [-0.4, -0.2) is 58.4 Å². The van der Waals surface area contributed by atoms with Crippen molar-refractivity contribution >= 4 is 29.3 Å². The fourth-order valence-electron chi connectivity index (χ4n) is 3.86. The predicted octanol–water partition coefficient (Wildman–Crippen LogP) is 2.01. The molecule has 2 atom stereocenters. The molecular weight excluding hydrogens is 344 g/mol. The number of nitrogens with zero attached hydrogens (tertiary/aromatic N) is 5. The quantitative estimate of drug-likeness (QED) is 0.822. The molecule has 0 bridgehead atoms. The number of hydrogen-bond acceptors (Lipinski definition) is 6. The van der Waals surface area contributed by atoms with E-state index in [4.69, 9.17) is 10.7 Å². The molecule has 8 nitrogen and oxygen atoms in total. The summed E-state index contributed by atoms with van der Waals surface area (Å²) in [6, 6.07) is 6.73. The Morgan fingerprint density at radius 1 is 1.22 bits per heavy atom. The molecule has 1 fully saturated rings. The van der Waals surface area contributed by atoms with Crippen LogP contribution in [0.25, 0.3) is 0 Å². The molecule has 3 heterocycles. The molecule has 1 aromatic rings. The zero-order chi connectivity index (χ0) is 19.3. The normalized spacial score (nSPS) is 24.3. The van der Waals surface area contributed by atoms with Crippen molar-refractivity contribution in [2.75, 3.05) is 24.2 Å². The summed E-state index contributed by atoms with van der Waals surface area (Å²) in [5.41, 5.74) is 8.54. The second-order valence-electron chi connectivity index (χ2n) is 7.10. The van der Waals surface area contributed by atoms with Gasteiger partial charge in [0.25, 0.3) is 5.91 Å². The van der Waals surface area contributed by atoms with Crippen molar-refractivity contribution < 1.29 is 9.59 Å². The molecule has 0 spiro atoms. The number of likely N-dealkylation sites (N-methyl/N-ethyl adjacent to an activating group) is 1. The number of carbonyl (C=O) groups is 2. The summed E-state index contributed by atoms with van der Waals surface area (Å²) >= 11 is 0. The lowest BCUT2D eigenvalue weighted by atomic mass is 10.1. The van der Waals surface area contributed by atoms with Crippen LogP contribution in [0.15, 0.2) is 41.2 Å². The molecule has 142 valence electrons. The molecule has 8 heteroatoms. The summed E-state index contributed by atoms with van der Waals surface area (Å²) in [6.45, 7) is 4.43. The fraction of sp³-hybridized carbons (Fsp3) is 0.421. The minimum Gasteiger partial charge on any atom is -0.397 e. The average molecular weight is 368 g/mol. The van der Waals surface area contributed by atoms with E-state index >= 15 is 0 Å². The molecule has 2 unspecified atom stereocenters. The Balaban J connectivity index is 1.71. The standard InChI is InChI=1S/C19H24N6O2/c1-4-5-10-23-17(26)15-16(22(3)19(23)27)21-18-24(15)11-12(2)25(18)14-9-7-6-8-13(14)20/h6-9,11,15-16H,4-5,10,20H2,1-3H3. The molecule has 0 radical (unpaired) electrons. The number of rotatable bonds is 4. The van der Waals surface area contributed by atoms with Crippen LogP contribution in [0.1, 0.15) is 26.7 Å². The number of carbonyl (C=O) groups excluding carboxylic acids is 2. The van der Waals surface area contributed by atoms with Crippen molar-refractivity contribution in [3.63, 3.8) is 0 Å². The number of anilines is 2. The molecule has 1 saturated heterocycles. The van der Waals surface area contributed by atoms with Gasteiger partial charge in [-0.1, -0.05) is 25.5 Å². The van der Waals surface area contributed by atoms with Gasteiger partial charge in [0.2, 0.25) is 5.96 Å². The molecule has 3 aliphatic rings. The number of allylic oxidation sites excluding steroid dienone is 1. The Morgan fingerprint density at radius 3 is 2.67 bits per heavy atom. The SMILES string of the molecule is CCCCN1C(=O)C2C(N=C3N(c4ccccc4N)C(C)=CN32)N(C)C1=O. The van der Waals surface area contributed by atoms with Gasteiger partial charge in [0, 0.05) is 25.5 Å². The van der Waals surface area contributed by atoms with E-state index in [1.807, 2.05) is 54.1 Å². The van der Waals surface area contributed by atoms with E-state index < -0.39 is 12.2 Å². The maximum absolute atomic E-state index is 13.1. The van der Waals surface area contributed by atoms with Crippen LogP contribution in [0.5, 0.6) is 0 Å². The van der Waals surface area contributed by atoms with Gasteiger partial charge in [-0.2, -0.15) is 0 Å². The van der Waals surface area contributed by atoms with Crippen molar-refractivity contribution in [1.82, 2.24) is 14.7 Å². The summed E-state index contributed by atoms with van der Waals surface area (Å²) in [7, 11) is 1.70. The van der Waals surface area contributed by atoms with Crippen molar-refractivity contribution in [2.24, 2.45) is 4.99 Å². The summed E-state index contributed by atoms with van der Waals surface area (Å²) < 4.78 is 0. The number of para-hydroxylation sites is 2. The number of nitrogen functional groups attached to an aromatic ring is 1. The van der Waals surface area contributed by atoms with Gasteiger partial charge < -0.3 is 15.5 Å². The number of fused-ring (bicyclic) bond motifs is 3. The third kappa shape index (κ3) is 2.47. The number of imide groups is 1. The van der Waals surface area contributed by atoms with E-state index in [1.54, 1.807) is 11.9 Å². The van der Waals surface area contributed by atoms with Gasteiger partial charge in [-0.15, -0.1) is 0 Å². The second-order valence-corrected chi connectivity index (χ2v) is 7.10. The van der Waals surface area contributed by atoms with Crippen molar-refractivity contribution in [1.29, 1.82) is 0 Å². The monoisotopic (exact) mass is 368 g/mol. The number of amides is 3. The zero-order valence-electron chi connectivity index (χ0n) is 15.8. The first-order valence-electron chi connectivity index (χ1n) is 9.23. The van der Waals surface area contributed by atoms with E-state index in [0.29, 0.717) is 18.2 Å². The maximum atomic E-state index is 13.1. The second kappa shape index (κ2) is 6.29. The fourth-order valence-corrected chi connectivity index (χ4v) is 3.86. The Hall–Kier alpha value is -3.03. The number of urea groups is 1. The highest BCUT2D eigenvalue weighted by Crippen LogP contribution is 2.38. The van der Waals surface area contributed by atoms with Crippen LogP contribution in [-0.2, 0) is 4.79 Å². The van der Waals surface area contributed by atoms with E-state index in [2.05, 4.69) is 0 Å². The van der Waals surface area contributed by atoms with Crippen molar-refractivity contribution in [3.8, 4) is 0 Å². The van der Waals surface area contributed by atoms with Crippen LogP contribution in [0.2, 0.25) is 0 Å². The number of nitrogens with two attached hydrogens (primary N) is 1. The lowest BCUT2D eigenvalue weighted by Gasteiger charge is -2.40. The highest BCUT2D eigenvalue weighted by atomic mass is 16.2. The van der Waals surface area contributed by atoms with E-state index in [1.165, 1.54) is 4.90 Å². The van der Waals surface area contributed by atoms with Gasteiger partial charge >= 0.3 is 6.03 Å². The predicted molar refractivity (Wildman–Crippen MR) is 104 cm³/mol.